The SMILES string of the molecule is Cc1nc(-c2ccccc2)c[nH]1.c1ccc2ncccc2c1. The number of rotatable bonds is 1. The molecule has 3 nitrogen and oxygen atoms in total. The Hall–Kier alpha value is -2.94. The Kier molecular flexibility index (Phi) is 4.25. The molecule has 0 saturated carbocycles. The number of para-hydroxylation sites is 1. The fraction of sp³-hybridized carbons (Fsp3) is 0.0526. The van der Waals surface area contributed by atoms with Crippen LogP contribution in [0.5, 0.6) is 0 Å². The topological polar surface area (TPSA) is 41.6 Å². The van der Waals surface area contributed by atoms with Gasteiger partial charge in [-0.1, -0.05) is 54.6 Å². The minimum Gasteiger partial charge on any atom is -0.348 e. The van der Waals surface area contributed by atoms with E-state index in [1.165, 1.54) is 5.39 Å². The van der Waals surface area contributed by atoms with E-state index in [1.807, 2.05) is 61.8 Å². The molecule has 1 N–H and O–H groups in total. The van der Waals surface area contributed by atoms with Crippen LogP contribution >= 0.6 is 0 Å². The lowest BCUT2D eigenvalue weighted by Crippen LogP contribution is -1.76. The molecule has 2 aromatic carbocycles. The van der Waals surface area contributed by atoms with Crippen LogP contribution in [0.25, 0.3) is 22.2 Å². The Morgan fingerprint density at radius 2 is 1.55 bits per heavy atom. The summed E-state index contributed by atoms with van der Waals surface area (Å²) in [6, 6.07) is 22.2. The first-order chi connectivity index (χ1) is 10.8. The molecule has 0 aliphatic heterocycles. The highest BCUT2D eigenvalue weighted by atomic mass is 14.9. The molecule has 0 spiro atoms. The Labute approximate surface area is 129 Å². The van der Waals surface area contributed by atoms with E-state index in [1.54, 1.807) is 0 Å². The summed E-state index contributed by atoms with van der Waals surface area (Å²) in [5.74, 6) is 0.953. The van der Waals surface area contributed by atoms with Crippen molar-refractivity contribution >= 4 is 10.9 Å². The summed E-state index contributed by atoms with van der Waals surface area (Å²) in [5.41, 5.74) is 3.22. The number of imidazole rings is 1. The van der Waals surface area contributed by atoms with Gasteiger partial charge in [-0.05, 0) is 19.1 Å². The van der Waals surface area contributed by atoms with E-state index in [-0.39, 0.29) is 0 Å². The van der Waals surface area contributed by atoms with Crippen LogP contribution in [0, 0.1) is 6.92 Å². The van der Waals surface area contributed by atoms with E-state index in [4.69, 9.17) is 0 Å². The van der Waals surface area contributed by atoms with Gasteiger partial charge in [-0.3, -0.25) is 4.98 Å². The van der Waals surface area contributed by atoms with Gasteiger partial charge in [0.25, 0.3) is 0 Å². The number of hydrogen-bond acceptors (Lipinski definition) is 2. The van der Waals surface area contributed by atoms with Gasteiger partial charge in [0.2, 0.25) is 0 Å². The number of hydrogen-bond donors (Lipinski definition) is 1. The zero-order valence-corrected chi connectivity index (χ0v) is 12.4. The Balaban J connectivity index is 0.000000133. The second kappa shape index (κ2) is 6.68. The number of pyridine rings is 1. The highest BCUT2D eigenvalue weighted by Gasteiger charge is 1.98. The van der Waals surface area contributed by atoms with Crippen molar-refractivity contribution in [2.24, 2.45) is 0 Å². The highest BCUT2D eigenvalue weighted by Crippen LogP contribution is 2.15. The number of H-pyrrole nitrogens is 1. The summed E-state index contributed by atoms with van der Waals surface area (Å²) in [5, 5.41) is 1.20. The summed E-state index contributed by atoms with van der Waals surface area (Å²) in [6.07, 6.45) is 3.73. The third kappa shape index (κ3) is 3.38. The summed E-state index contributed by atoms with van der Waals surface area (Å²) < 4.78 is 0. The third-order valence-electron chi connectivity index (χ3n) is 3.29. The number of aromatic nitrogens is 3. The molecule has 4 aromatic rings. The molecule has 0 bridgehead atoms. The molecule has 0 aliphatic carbocycles. The molecule has 22 heavy (non-hydrogen) atoms. The summed E-state index contributed by atoms with van der Waals surface area (Å²) in [7, 11) is 0. The largest absolute Gasteiger partial charge is 0.348 e. The molecule has 0 fully saturated rings. The molecule has 0 atom stereocenters. The first-order valence-corrected chi connectivity index (χ1v) is 7.20. The lowest BCUT2D eigenvalue weighted by atomic mass is 10.2. The zero-order valence-electron chi connectivity index (χ0n) is 12.4. The summed E-state index contributed by atoms with van der Waals surface area (Å²) in [4.78, 5) is 11.6. The van der Waals surface area contributed by atoms with E-state index < -0.39 is 0 Å². The maximum atomic E-state index is 4.33. The van der Waals surface area contributed by atoms with Crippen LogP contribution in [0.3, 0.4) is 0 Å². The molecular weight excluding hydrogens is 270 g/mol. The van der Waals surface area contributed by atoms with Crippen LogP contribution in [0.15, 0.2) is 79.1 Å². The van der Waals surface area contributed by atoms with E-state index >= 15 is 0 Å². The lowest BCUT2D eigenvalue weighted by molar-refractivity contribution is 1.15. The van der Waals surface area contributed by atoms with Crippen LogP contribution < -0.4 is 0 Å². The predicted octanol–water partition coefficient (Wildman–Crippen LogP) is 4.62. The molecule has 0 amide bonds. The standard InChI is InChI=1S/C10H10N2.C9H7N/c1-8-11-7-10(12-8)9-5-3-2-4-6-9;1-2-6-9-8(4-1)5-3-7-10-9/h2-7H,1H3,(H,11,12);1-7H. The van der Waals surface area contributed by atoms with Gasteiger partial charge in [0.05, 0.1) is 11.2 Å². The predicted molar refractivity (Wildman–Crippen MR) is 90.5 cm³/mol. The van der Waals surface area contributed by atoms with E-state index in [9.17, 15) is 0 Å². The number of aromatic amines is 1. The second-order valence-electron chi connectivity index (χ2n) is 4.93. The van der Waals surface area contributed by atoms with Crippen molar-refractivity contribution in [2.45, 2.75) is 6.92 Å². The number of nitrogens with one attached hydrogen (secondary N) is 1. The second-order valence-corrected chi connectivity index (χ2v) is 4.93. The van der Waals surface area contributed by atoms with Gasteiger partial charge in [0.15, 0.2) is 0 Å². The quantitative estimate of drug-likeness (QED) is 0.555. The van der Waals surface area contributed by atoms with Gasteiger partial charge in [-0.2, -0.15) is 0 Å². The maximum Gasteiger partial charge on any atom is 0.103 e. The summed E-state index contributed by atoms with van der Waals surface area (Å²) in [6.45, 7) is 1.95. The van der Waals surface area contributed by atoms with Crippen LogP contribution in [-0.4, -0.2) is 15.0 Å². The molecule has 2 heterocycles. The van der Waals surface area contributed by atoms with Gasteiger partial charge in [-0.25, -0.2) is 4.98 Å². The van der Waals surface area contributed by atoms with Crippen LogP contribution in [0.4, 0.5) is 0 Å². The molecule has 108 valence electrons. The lowest BCUT2D eigenvalue weighted by Gasteiger charge is -1.92. The summed E-state index contributed by atoms with van der Waals surface area (Å²) >= 11 is 0. The molecule has 3 heteroatoms. The van der Waals surface area contributed by atoms with E-state index in [0.29, 0.717) is 0 Å². The van der Waals surface area contributed by atoms with E-state index in [2.05, 4.69) is 39.2 Å². The molecule has 0 unspecified atom stereocenters. The minimum atomic E-state index is 0.953. The Bertz CT molecular complexity index is 785. The highest BCUT2D eigenvalue weighted by molar-refractivity contribution is 5.77. The van der Waals surface area contributed by atoms with Crippen molar-refractivity contribution in [1.29, 1.82) is 0 Å². The number of fused-ring (bicyclic) bond motifs is 1. The third-order valence-corrected chi connectivity index (χ3v) is 3.29. The number of nitrogens with zero attached hydrogens (tertiary/aromatic N) is 2. The van der Waals surface area contributed by atoms with Crippen molar-refractivity contribution in [3.05, 3.63) is 84.9 Å². The average molecular weight is 287 g/mol. The van der Waals surface area contributed by atoms with Gasteiger partial charge >= 0.3 is 0 Å². The van der Waals surface area contributed by atoms with Crippen molar-refractivity contribution in [3.63, 3.8) is 0 Å². The average Bonchev–Trinajstić information content (AvgIpc) is 3.03. The normalized spacial score (nSPS) is 10.0. The molecule has 0 saturated heterocycles. The van der Waals surface area contributed by atoms with E-state index in [0.717, 1.165) is 22.6 Å². The van der Waals surface area contributed by atoms with Gasteiger partial charge in [-0.15, -0.1) is 0 Å². The Morgan fingerprint density at radius 1 is 0.818 bits per heavy atom. The van der Waals surface area contributed by atoms with Crippen LogP contribution in [0.1, 0.15) is 5.82 Å². The fourth-order valence-corrected chi connectivity index (χ4v) is 2.19. The van der Waals surface area contributed by atoms with Gasteiger partial charge < -0.3 is 4.98 Å². The number of aryl methyl sites for hydroxylation is 1. The molecule has 4 rings (SSSR count). The van der Waals surface area contributed by atoms with Crippen molar-refractivity contribution in [3.8, 4) is 11.3 Å². The number of benzene rings is 2. The smallest absolute Gasteiger partial charge is 0.103 e. The minimum absolute atomic E-state index is 0.953. The monoisotopic (exact) mass is 287 g/mol. The first-order valence-electron chi connectivity index (χ1n) is 7.20. The molecule has 2 aromatic heterocycles. The Morgan fingerprint density at radius 3 is 2.27 bits per heavy atom. The van der Waals surface area contributed by atoms with Crippen molar-refractivity contribution in [1.82, 2.24) is 15.0 Å². The molecular formula is C19H17N3. The maximum absolute atomic E-state index is 4.33. The van der Waals surface area contributed by atoms with Gasteiger partial charge in [0.1, 0.15) is 5.82 Å². The van der Waals surface area contributed by atoms with Crippen molar-refractivity contribution < 1.29 is 0 Å². The zero-order chi connectivity index (χ0) is 15.2. The van der Waals surface area contributed by atoms with Crippen molar-refractivity contribution in [2.75, 3.05) is 0 Å². The fourth-order valence-electron chi connectivity index (χ4n) is 2.19. The first kappa shape index (κ1) is 14.0. The molecule has 0 aliphatic rings. The van der Waals surface area contributed by atoms with Crippen LogP contribution in [0.2, 0.25) is 0 Å². The van der Waals surface area contributed by atoms with Crippen LogP contribution in [-0.2, 0) is 0 Å². The molecule has 0 radical (unpaired) electrons. The van der Waals surface area contributed by atoms with Gasteiger partial charge in [0, 0.05) is 23.3 Å².